The molecule has 0 aliphatic rings. The average Bonchev–Trinajstić information content (AvgIpc) is 2.88. The second-order valence-electron chi connectivity index (χ2n) is 8.67. The number of hydrogen-bond acceptors (Lipinski definition) is 10. The van der Waals surface area contributed by atoms with Crippen LogP contribution in [0.4, 0.5) is 11.4 Å². The van der Waals surface area contributed by atoms with Crippen molar-refractivity contribution in [2.45, 2.75) is 30.8 Å². The van der Waals surface area contributed by atoms with E-state index in [9.17, 15) is 20.4 Å². The van der Waals surface area contributed by atoms with Crippen LogP contribution in [0.3, 0.4) is 0 Å². The molecule has 2 aromatic rings. The van der Waals surface area contributed by atoms with Gasteiger partial charge in [-0.15, -0.1) is 0 Å². The number of hydrogen-bond donors (Lipinski definition) is 8. The summed E-state index contributed by atoms with van der Waals surface area (Å²) in [6.45, 7) is -1.18. The maximum absolute atomic E-state index is 9.82. The third-order valence-corrected chi connectivity index (χ3v) is 5.58. The largest absolute Gasteiger partial charge is 0.394 e. The van der Waals surface area contributed by atoms with Crippen molar-refractivity contribution in [3.8, 4) is 0 Å². The summed E-state index contributed by atoms with van der Waals surface area (Å²) in [6.07, 6.45) is -3.27. The fourth-order valence-corrected chi connectivity index (χ4v) is 3.70. The van der Waals surface area contributed by atoms with E-state index < -0.39 is 50.8 Å². The van der Waals surface area contributed by atoms with Gasteiger partial charge in [0, 0.05) is 37.6 Å². The van der Waals surface area contributed by atoms with E-state index in [4.69, 9.17) is 20.4 Å². The van der Waals surface area contributed by atoms with Gasteiger partial charge in [0.15, 0.2) is 0 Å². The van der Waals surface area contributed by atoms with E-state index in [1.165, 1.54) is 0 Å². The van der Waals surface area contributed by atoms with Crippen molar-refractivity contribution >= 4 is 11.4 Å². The van der Waals surface area contributed by atoms with Crippen molar-refractivity contribution in [1.82, 2.24) is 0 Å². The van der Waals surface area contributed by atoms with Crippen LogP contribution >= 0.6 is 0 Å². The van der Waals surface area contributed by atoms with Crippen LogP contribution in [0.25, 0.3) is 0 Å². The van der Waals surface area contributed by atoms with E-state index in [0.29, 0.717) is 6.42 Å². The minimum atomic E-state index is -0.976. The summed E-state index contributed by atoms with van der Waals surface area (Å²) in [5.41, 5.74) is 3.53. The molecule has 0 spiro atoms. The standard InChI is InChI=1S/C25H38N2O8/c28-14-22(32)10-26(11-23(33)15-29)20-5-1-18(2-6-20)9-19-3-7-21(8-4-19)27(12-24(34)16-30)13-25(35)17-31/h1-8,22-25,28-35H,9-17H2/t22-,23+,24-,25+. The fourth-order valence-electron chi connectivity index (χ4n) is 3.70. The summed E-state index contributed by atoms with van der Waals surface area (Å²) in [6, 6.07) is 15.1. The lowest BCUT2D eigenvalue weighted by atomic mass is 10.0. The Balaban J connectivity index is 2.09. The van der Waals surface area contributed by atoms with Crippen LogP contribution in [0, 0.1) is 0 Å². The minimum Gasteiger partial charge on any atom is -0.394 e. The van der Waals surface area contributed by atoms with Crippen molar-refractivity contribution in [3.05, 3.63) is 59.7 Å². The molecule has 0 radical (unpaired) electrons. The first-order chi connectivity index (χ1) is 16.8. The van der Waals surface area contributed by atoms with Crippen molar-refractivity contribution < 1.29 is 40.9 Å². The Bertz CT molecular complexity index is 743. The highest BCUT2D eigenvalue weighted by Gasteiger charge is 2.17. The number of nitrogens with zero attached hydrogens (tertiary/aromatic N) is 2. The van der Waals surface area contributed by atoms with Gasteiger partial charge in [-0.1, -0.05) is 24.3 Å². The molecule has 35 heavy (non-hydrogen) atoms. The Morgan fingerprint density at radius 2 is 0.714 bits per heavy atom. The summed E-state index contributed by atoms with van der Waals surface area (Å²) in [7, 11) is 0. The highest BCUT2D eigenvalue weighted by Crippen LogP contribution is 2.21. The van der Waals surface area contributed by atoms with Crippen molar-refractivity contribution in [2.75, 3.05) is 62.4 Å². The molecule has 0 heterocycles. The van der Waals surface area contributed by atoms with Crippen LogP contribution in [-0.2, 0) is 6.42 Å². The third kappa shape index (κ3) is 9.71. The molecule has 8 N–H and O–H groups in total. The first-order valence-electron chi connectivity index (χ1n) is 11.6. The molecule has 0 amide bonds. The van der Waals surface area contributed by atoms with E-state index >= 15 is 0 Å². The molecule has 10 heteroatoms. The molecular weight excluding hydrogens is 456 g/mol. The van der Waals surface area contributed by atoms with Crippen LogP contribution < -0.4 is 9.80 Å². The van der Waals surface area contributed by atoms with Gasteiger partial charge >= 0.3 is 0 Å². The summed E-state index contributed by atoms with van der Waals surface area (Å²) < 4.78 is 0. The van der Waals surface area contributed by atoms with Crippen molar-refractivity contribution in [3.63, 3.8) is 0 Å². The van der Waals surface area contributed by atoms with Gasteiger partial charge in [0.2, 0.25) is 0 Å². The highest BCUT2D eigenvalue weighted by atomic mass is 16.3. The summed E-state index contributed by atoms with van der Waals surface area (Å²) in [4.78, 5) is 3.41. The van der Waals surface area contributed by atoms with E-state index in [0.717, 1.165) is 22.5 Å². The maximum Gasteiger partial charge on any atom is 0.0945 e. The third-order valence-electron chi connectivity index (χ3n) is 5.58. The van der Waals surface area contributed by atoms with Gasteiger partial charge in [0.05, 0.1) is 50.8 Å². The molecular formula is C25H38N2O8. The zero-order valence-electron chi connectivity index (χ0n) is 19.8. The van der Waals surface area contributed by atoms with Gasteiger partial charge in [0.25, 0.3) is 0 Å². The molecule has 0 fully saturated rings. The molecule has 0 unspecified atom stereocenters. The SMILES string of the molecule is OC[C@@H](O)CN(C[C@@H](O)CO)c1ccc(Cc2ccc(N(C[C@H](O)CO)C[C@@H](O)CO)cc2)cc1. The summed E-state index contributed by atoms with van der Waals surface area (Å²) in [5, 5.41) is 75.9. The molecule has 2 aromatic carbocycles. The van der Waals surface area contributed by atoms with E-state index in [1.807, 2.05) is 48.5 Å². The highest BCUT2D eigenvalue weighted by molar-refractivity contribution is 5.50. The fraction of sp³-hybridized carbons (Fsp3) is 0.520. The Hall–Kier alpha value is -2.28. The zero-order chi connectivity index (χ0) is 25.8. The Morgan fingerprint density at radius 1 is 0.457 bits per heavy atom. The lowest BCUT2D eigenvalue weighted by molar-refractivity contribution is 0.0838. The van der Waals surface area contributed by atoms with Gasteiger partial charge in [-0.2, -0.15) is 0 Å². The number of aliphatic hydroxyl groups excluding tert-OH is 8. The van der Waals surface area contributed by atoms with Gasteiger partial charge < -0.3 is 50.7 Å². The number of benzene rings is 2. The molecule has 0 saturated heterocycles. The maximum atomic E-state index is 9.82. The van der Waals surface area contributed by atoms with Gasteiger partial charge in [-0.3, -0.25) is 0 Å². The smallest absolute Gasteiger partial charge is 0.0945 e. The molecule has 2 rings (SSSR count). The monoisotopic (exact) mass is 494 g/mol. The van der Waals surface area contributed by atoms with E-state index in [2.05, 4.69) is 0 Å². The predicted octanol–water partition coefficient (Wildman–Crippen LogP) is -1.70. The lowest BCUT2D eigenvalue weighted by Gasteiger charge is -2.29. The molecule has 0 aromatic heterocycles. The molecule has 0 aliphatic heterocycles. The zero-order valence-corrected chi connectivity index (χ0v) is 19.8. The summed E-state index contributed by atoms with van der Waals surface area (Å²) >= 11 is 0. The Kier molecular flexibility index (Phi) is 12.4. The average molecular weight is 495 g/mol. The molecule has 0 bridgehead atoms. The van der Waals surface area contributed by atoms with Gasteiger partial charge in [-0.25, -0.2) is 0 Å². The molecule has 0 saturated carbocycles. The first-order valence-corrected chi connectivity index (χ1v) is 11.6. The molecule has 0 aliphatic carbocycles. The topological polar surface area (TPSA) is 168 Å². The van der Waals surface area contributed by atoms with Crippen LogP contribution in [0.15, 0.2) is 48.5 Å². The quantitative estimate of drug-likeness (QED) is 0.135. The Labute approximate surface area is 205 Å². The molecule has 4 atom stereocenters. The number of anilines is 2. The second-order valence-corrected chi connectivity index (χ2v) is 8.67. The molecule has 10 nitrogen and oxygen atoms in total. The van der Waals surface area contributed by atoms with Crippen LogP contribution in [0.2, 0.25) is 0 Å². The van der Waals surface area contributed by atoms with Crippen molar-refractivity contribution in [2.24, 2.45) is 0 Å². The van der Waals surface area contributed by atoms with Crippen molar-refractivity contribution in [1.29, 1.82) is 0 Å². The van der Waals surface area contributed by atoms with Crippen LogP contribution in [-0.4, -0.2) is 118 Å². The number of rotatable bonds is 16. The normalized spacial score (nSPS) is 14.9. The Morgan fingerprint density at radius 3 is 0.943 bits per heavy atom. The summed E-state index contributed by atoms with van der Waals surface area (Å²) in [5.74, 6) is 0. The first kappa shape index (κ1) is 29.0. The number of aliphatic hydroxyl groups is 8. The lowest BCUT2D eigenvalue weighted by Crippen LogP contribution is -2.40. The second kappa shape index (κ2) is 15.0. The molecule has 196 valence electrons. The van der Waals surface area contributed by atoms with Gasteiger partial charge in [0.1, 0.15) is 0 Å². The van der Waals surface area contributed by atoms with Crippen LogP contribution in [0.5, 0.6) is 0 Å². The van der Waals surface area contributed by atoms with E-state index in [1.54, 1.807) is 9.80 Å². The minimum absolute atomic E-state index is 0.112. The van der Waals surface area contributed by atoms with Gasteiger partial charge in [-0.05, 0) is 41.8 Å². The predicted molar refractivity (Wildman–Crippen MR) is 132 cm³/mol. The van der Waals surface area contributed by atoms with E-state index in [-0.39, 0.29) is 26.2 Å². The van der Waals surface area contributed by atoms with Crippen LogP contribution in [0.1, 0.15) is 11.1 Å².